The van der Waals surface area contributed by atoms with Crippen LogP contribution in [0.3, 0.4) is 0 Å². The molecule has 0 radical (unpaired) electrons. The first-order valence-corrected chi connectivity index (χ1v) is 10.9. The lowest BCUT2D eigenvalue weighted by Crippen LogP contribution is -2.40. The zero-order valence-corrected chi connectivity index (χ0v) is 17.1. The first-order chi connectivity index (χ1) is 13.4. The van der Waals surface area contributed by atoms with Gasteiger partial charge in [0, 0.05) is 32.4 Å². The first-order valence-electron chi connectivity index (χ1n) is 9.51. The Morgan fingerprint density at radius 1 is 1.21 bits per heavy atom. The van der Waals surface area contributed by atoms with E-state index in [4.69, 9.17) is 4.74 Å². The first kappa shape index (κ1) is 20.6. The van der Waals surface area contributed by atoms with Gasteiger partial charge in [0.25, 0.3) is 5.91 Å². The lowest BCUT2D eigenvalue weighted by atomic mass is 10.0. The summed E-state index contributed by atoms with van der Waals surface area (Å²) in [6.07, 6.45) is 3.01. The van der Waals surface area contributed by atoms with Crippen LogP contribution in [0.1, 0.15) is 29.4 Å². The maximum Gasteiger partial charge on any atom is 0.268 e. The van der Waals surface area contributed by atoms with Gasteiger partial charge in [0.2, 0.25) is 10.0 Å². The van der Waals surface area contributed by atoms with Crippen LogP contribution in [0.4, 0.5) is 0 Å². The van der Waals surface area contributed by atoms with Gasteiger partial charge in [-0.05, 0) is 24.5 Å². The second-order valence-electron chi connectivity index (χ2n) is 6.96. The molecule has 3 rings (SSSR count). The summed E-state index contributed by atoms with van der Waals surface area (Å²) in [5, 5.41) is 3.03. The average molecular weight is 406 g/mol. The Kier molecular flexibility index (Phi) is 6.53. The van der Waals surface area contributed by atoms with Crippen LogP contribution in [0, 0.1) is 0 Å². The number of amides is 1. The van der Waals surface area contributed by atoms with Crippen molar-refractivity contribution in [1.82, 2.24) is 14.2 Å². The molecule has 152 valence electrons. The van der Waals surface area contributed by atoms with Gasteiger partial charge in [-0.2, -0.15) is 4.31 Å². The van der Waals surface area contributed by atoms with Crippen LogP contribution in [0.15, 0.2) is 47.5 Å². The lowest BCUT2D eigenvalue weighted by Gasteiger charge is -2.25. The third-order valence-electron chi connectivity index (χ3n) is 4.97. The largest absolute Gasteiger partial charge is 0.379 e. The number of carbonyl (C=O) groups is 1. The Labute approximate surface area is 166 Å². The van der Waals surface area contributed by atoms with E-state index in [1.165, 1.54) is 16.6 Å². The van der Waals surface area contributed by atoms with E-state index in [1.807, 2.05) is 37.3 Å². The number of ether oxygens (including phenoxy) is 1. The van der Waals surface area contributed by atoms with Crippen LogP contribution in [-0.4, -0.2) is 55.5 Å². The van der Waals surface area contributed by atoms with Crippen molar-refractivity contribution >= 4 is 15.9 Å². The third kappa shape index (κ3) is 4.63. The molecular formula is C20H27N3O4S. The number of carbonyl (C=O) groups excluding carboxylic acids is 1. The molecule has 1 saturated heterocycles. The molecule has 1 aromatic carbocycles. The summed E-state index contributed by atoms with van der Waals surface area (Å²) in [4.78, 5) is 12.9. The van der Waals surface area contributed by atoms with Gasteiger partial charge >= 0.3 is 0 Å². The number of hydrogen-bond acceptors (Lipinski definition) is 4. The summed E-state index contributed by atoms with van der Waals surface area (Å²) in [7, 11) is -1.94. The molecule has 1 fully saturated rings. The van der Waals surface area contributed by atoms with Crippen molar-refractivity contribution < 1.29 is 17.9 Å². The fourth-order valence-corrected chi connectivity index (χ4v) is 4.77. The van der Waals surface area contributed by atoms with Crippen LogP contribution in [0.2, 0.25) is 0 Å². The molecule has 2 heterocycles. The fraction of sp³-hybridized carbons (Fsp3) is 0.450. The van der Waals surface area contributed by atoms with Crippen LogP contribution < -0.4 is 5.32 Å². The summed E-state index contributed by atoms with van der Waals surface area (Å²) < 4.78 is 33.8. The van der Waals surface area contributed by atoms with Gasteiger partial charge in [-0.25, -0.2) is 8.42 Å². The van der Waals surface area contributed by atoms with Crippen molar-refractivity contribution in [2.75, 3.05) is 26.3 Å². The number of aromatic nitrogens is 1. The predicted octanol–water partition coefficient (Wildman–Crippen LogP) is 1.80. The van der Waals surface area contributed by atoms with Gasteiger partial charge in [-0.1, -0.05) is 37.3 Å². The minimum Gasteiger partial charge on any atom is -0.379 e. The van der Waals surface area contributed by atoms with Crippen LogP contribution in [0.25, 0.3) is 0 Å². The van der Waals surface area contributed by atoms with Gasteiger partial charge in [0.1, 0.15) is 10.6 Å². The summed E-state index contributed by atoms with van der Waals surface area (Å²) in [6.45, 7) is 3.45. The van der Waals surface area contributed by atoms with E-state index < -0.39 is 10.0 Å². The van der Waals surface area contributed by atoms with E-state index in [-0.39, 0.29) is 16.8 Å². The Hall–Kier alpha value is -2.16. The number of aryl methyl sites for hydroxylation is 1. The Morgan fingerprint density at radius 3 is 2.54 bits per heavy atom. The number of sulfonamides is 1. The van der Waals surface area contributed by atoms with Gasteiger partial charge in [-0.3, -0.25) is 4.79 Å². The third-order valence-corrected chi connectivity index (χ3v) is 6.84. The molecule has 28 heavy (non-hydrogen) atoms. The van der Waals surface area contributed by atoms with Gasteiger partial charge < -0.3 is 14.6 Å². The molecule has 1 N–H and O–H groups in total. The van der Waals surface area contributed by atoms with E-state index >= 15 is 0 Å². The van der Waals surface area contributed by atoms with Crippen molar-refractivity contribution in [3.05, 3.63) is 53.9 Å². The van der Waals surface area contributed by atoms with Crippen LogP contribution >= 0.6 is 0 Å². The van der Waals surface area contributed by atoms with Gasteiger partial charge in [0.05, 0.1) is 13.2 Å². The summed E-state index contributed by atoms with van der Waals surface area (Å²) in [6, 6.07) is 11.4. The van der Waals surface area contributed by atoms with Crippen molar-refractivity contribution in [3.63, 3.8) is 0 Å². The van der Waals surface area contributed by atoms with Gasteiger partial charge in [-0.15, -0.1) is 0 Å². The van der Waals surface area contributed by atoms with Crippen molar-refractivity contribution in [2.24, 2.45) is 7.05 Å². The molecule has 1 aliphatic heterocycles. The number of morpholine rings is 1. The van der Waals surface area contributed by atoms with E-state index in [0.29, 0.717) is 32.0 Å². The molecule has 7 nitrogen and oxygen atoms in total. The molecule has 0 saturated carbocycles. The summed E-state index contributed by atoms with van der Waals surface area (Å²) >= 11 is 0. The average Bonchev–Trinajstić information content (AvgIpc) is 3.11. The standard InChI is InChI=1S/C20H27N3O4S/c1-3-17(13-16-7-5-4-6-8-16)21-20(24)19-14-18(15-22(19)2)28(25,26)23-9-11-27-12-10-23/h4-8,14-15,17H,3,9-13H2,1-2H3,(H,21,24)/t17-/m0/s1. The second kappa shape index (κ2) is 8.89. The smallest absolute Gasteiger partial charge is 0.268 e. The van der Waals surface area contributed by atoms with E-state index in [1.54, 1.807) is 11.6 Å². The normalized spacial score (nSPS) is 16.6. The number of nitrogens with zero attached hydrogens (tertiary/aromatic N) is 2. The van der Waals surface area contributed by atoms with E-state index in [0.717, 1.165) is 18.4 Å². The molecule has 1 aliphatic rings. The highest BCUT2D eigenvalue weighted by Gasteiger charge is 2.29. The van der Waals surface area contributed by atoms with Crippen LogP contribution in [-0.2, 0) is 28.2 Å². The summed E-state index contributed by atoms with van der Waals surface area (Å²) in [5.74, 6) is -0.270. The quantitative estimate of drug-likeness (QED) is 0.762. The Morgan fingerprint density at radius 2 is 1.89 bits per heavy atom. The molecule has 0 spiro atoms. The maximum atomic E-state index is 12.8. The Balaban J connectivity index is 1.73. The van der Waals surface area contributed by atoms with Crippen molar-refractivity contribution in [1.29, 1.82) is 0 Å². The zero-order valence-electron chi connectivity index (χ0n) is 16.3. The lowest BCUT2D eigenvalue weighted by molar-refractivity contribution is 0.0730. The molecule has 0 aliphatic carbocycles. The second-order valence-corrected chi connectivity index (χ2v) is 8.89. The molecule has 1 amide bonds. The Bertz CT molecular complexity index is 903. The topological polar surface area (TPSA) is 80.6 Å². The SMILES string of the molecule is CC[C@@H](Cc1ccccc1)NC(=O)c1cc(S(=O)(=O)N2CCOCC2)cn1C. The van der Waals surface area contributed by atoms with E-state index in [2.05, 4.69) is 5.32 Å². The highest BCUT2D eigenvalue weighted by molar-refractivity contribution is 7.89. The van der Waals surface area contributed by atoms with Crippen molar-refractivity contribution in [2.45, 2.75) is 30.7 Å². The molecular weight excluding hydrogens is 378 g/mol. The molecule has 1 aromatic heterocycles. The molecule has 8 heteroatoms. The predicted molar refractivity (Wildman–Crippen MR) is 107 cm³/mol. The fourth-order valence-electron chi connectivity index (χ4n) is 3.29. The van der Waals surface area contributed by atoms with Gasteiger partial charge in [0.15, 0.2) is 0 Å². The summed E-state index contributed by atoms with van der Waals surface area (Å²) in [5.41, 5.74) is 1.48. The van der Waals surface area contributed by atoms with Crippen molar-refractivity contribution in [3.8, 4) is 0 Å². The minimum absolute atomic E-state index is 0.0240. The monoisotopic (exact) mass is 405 g/mol. The number of benzene rings is 1. The highest BCUT2D eigenvalue weighted by atomic mass is 32.2. The van der Waals surface area contributed by atoms with Crippen LogP contribution in [0.5, 0.6) is 0 Å². The number of hydrogen-bond donors (Lipinski definition) is 1. The number of nitrogens with one attached hydrogen (secondary N) is 1. The van der Waals surface area contributed by atoms with E-state index in [9.17, 15) is 13.2 Å². The molecule has 2 aromatic rings. The molecule has 0 bridgehead atoms. The molecule has 0 unspecified atom stereocenters. The zero-order chi connectivity index (χ0) is 20.1. The minimum atomic E-state index is -3.63. The number of rotatable bonds is 7. The molecule has 1 atom stereocenters. The highest BCUT2D eigenvalue weighted by Crippen LogP contribution is 2.20. The maximum absolute atomic E-state index is 12.8.